The third-order valence-corrected chi connectivity index (χ3v) is 4.90. The lowest BCUT2D eigenvalue weighted by Gasteiger charge is -2.21. The highest BCUT2D eigenvalue weighted by atomic mass is 16.5. The van der Waals surface area contributed by atoms with E-state index >= 15 is 0 Å². The van der Waals surface area contributed by atoms with Crippen molar-refractivity contribution < 1.29 is 19.4 Å². The monoisotopic (exact) mass is 311 g/mol. The molecule has 2 bridgehead atoms. The van der Waals surface area contributed by atoms with E-state index in [4.69, 9.17) is 4.74 Å². The summed E-state index contributed by atoms with van der Waals surface area (Å²) in [7, 11) is 0. The smallest absolute Gasteiger partial charge is 0.310 e. The number of hydrogen-bond acceptors (Lipinski definition) is 3. The van der Waals surface area contributed by atoms with Crippen LogP contribution < -0.4 is 0 Å². The Labute approximate surface area is 133 Å². The standard InChI is InChI=1S/C18H17NO4/c20-16-15-14(17(21)22)13-8-9-18(15,23-13)11-19(16)10-4-7-12-5-2-1-3-6-12/h1-9,13-15H,10-11H2,(H,21,22). The molecule has 1 aromatic rings. The topological polar surface area (TPSA) is 66.8 Å². The molecule has 2 fully saturated rings. The lowest BCUT2D eigenvalue weighted by molar-refractivity contribution is -0.147. The van der Waals surface area contributed by atoms with Crippen LogP contribution >= 0.6 is 0 Å². The summed E-state index contributed by atoms with van der Waals surface area (Å²) in [5, 5.41) is 9.41. The first-order chi connectivity index (χ1) is 11.1. The average molecular weight is 311 g/mol. The summed E-state index contributed by atoms with van der Waals surface area (Å²) in [6.45, 7) is 0.882. The van der Waals surface area contributed by atoms with Crippen LogP contribution in [0.2, 0.25) is 0 Å². The minimum atomic E-state index is -0.957. The van der Waals surface area contributed by atoms with Crippen molar-refractivity contribution >= 4 is 18.0 Å². The number of rotatable bonds is 4. The van der Waals surface area contributed by atoms with E-state index in [9.17, 15) is 14.7 Å². The zero-order valence-corrected chi connectivity index (χ0v) is 12.5. The van der Waals surface area contributed by atoms with Crippen molar-refractivity contribution in [3.63, 3.8) is 0 Å². The lowest BCUT2D eigenvalue weighted by atomic mass is 9.77. The average Bonchev–Trinajstić information content (AvgIpc) is 3.17. The Morgan fingerprint density at radius 1 is 1.39 bits per heavy atom. The van der Waals surface area contributed by atoms with E-state index in [-0.39, 0.29) is 5.91 Å². The summed E-state index contributed by atoms with van der Waals surface area (Å²) in [6.07, 6.45) is 7.08. The van der Waals surface area contributed by atoms with Crippen molar-refractivity contribution in [2.75, 3.05) is 13.1 Å². The molecule has 3 aliphatic rings. The maximum atomic E-state index is 12.6. The van der Waals surface area contributed by atoms with Gasteiger partial charge in [0.25, 0.3) is 0 Å². The first-order valence-electron chi connectivity index (χ1n) is 7.71. The number of nitrogens with zero attached hydrogens (tertiary/aromatic N) is 1. The Balaban J connectivity index is 1.51. The van der Waals surface area contributed by atoms with Crippen molar-refractivity contribution in [1.82, 2.24) is 4.90 Å². The molecular formula is C18H17NO4. The third-order valence-electron chi connectivity index (χ3n) is 4.90. The molecule has 4 rings (SSSR count). The van der Waals surface area contributed by atoms with Crippen LogP contribution in [0.25, 0.3) is 6.08 Å². The molecule has 23 heavy (non-hydrogen) atoms. The van der Waals surface area contributed by atoms with Gasteiger partial charge in [0.15, 0.2) is 0 Å². The predicted molar refractivity (Wildman–Crippen MR) is 83.4 cm³/mol. The molecule has 0 aromatic heterocycles. The van der Waals surface area contributed by atoms with Crippen molar-refractivity contribution in [3.8, 4) is 0 Å². The van der Waals surface area contributed by atoms with Gasteiger partial charge >= 0.3 is 5.97 Å². The first-order valence-corrected chi connectivity index (χ1v) is 7.71. The normalized spacial score (nSPS) is 34.5. The van der Waals surface area contributed by atoms with Gasteiger partial charge < -0.3 is 14.7 Å². The number of ether oxygens (including phenoxy) is 1. The minimum absolute atomic E-state index is 0.123. The van der Waals surface area contributed by atoms with Crippen LogP contribution in [-0.4, -0.2) is 46.7 Å². The quantitative estimate of drug-likeness (QED) is 0.857. The number of likely N-dealkylation sites (tertiary alicyclic amines) is 1. The van der Waals surface area contributed by atoms with E-state index < -0.39 is 29.5 Å². The second-order valence-corrected chi connectivity index (χ2v) is 6.27. The maximum absolute atomic E-state index is 12.6. The molecule has 1 spiro atoms. The highest BCUT2D eigenvalue weighted by Gasteiger charge is 2.66. The van der Waals surface area contributed by atoms with Gasteiger partial charge in [-0.1, -0.05) is 54.6 Å². The second kappa shape index (κ2) is 5.06. The molecule has 3 heterocycles. The summed E-state index contributed by atoms with van der Waals surface area (Å²) in [6, 6.07) is 9.85. The fourth-order valence-electron chi connectivity index (χ4n) is 3.89. The number of benzene rings is 1. The number of carboxylic acid groups (broad SMARTS) is 1. The molecule has 0 aliphatic carbocycles. The van der Waals surface area contributed by atoms with Crippen LogP contribution in [0.4, 0.5) is 0 Å². The second-order valence-electron chi connectivity index (χ2n) is 6.27. The molecule has 5 heteroatoms. The predicted octanol–water partition coefficient (Wildman–Crippen LogP) is 1.57. The zero-order valence-electron chi connectivity index (χ0n) is 12.5. The van der Waals surface area contributed by atoms with E-state index in [1.807, 2.05) is 48.6 Å². The Bertz CT molecular complexity index is 711. The van der Waals surface area contributed by atoms with Crippen molar-refractivity contribution in [3.05, 3.63) is 54.1 Å². The van der Waals surface area contributed by atoms with E-state index in [0.717, 1.165) is 5.56 Å². The Hall–Kier alpha value is -2.40. The Morgan fingerprint density at radius 3 is 2.91 bits per heavy atom. The number of carbonyl (C=O) groups is 2. The van der Waals surface area contributed by atoms with Crippen molar-refractivity contribution in [2.24, 2.45) is 11.8 Å². The maximum Gasteiger partial charge on any atom is 0.310 e. The fourth-order valence-corrected chi connectivity index (χ4v) is 3.89. The van der Waals surface area contributed by atoms with Crippen molar-refractivity contribution in [1.29, 1.82) is 0 Å². The van der Waals surface area contributed by atoms with Gasteiger partial charge in [-0.3, -0.25) is 9.59 Å². The Morgan fingerprint density at radius 2 is 2.17 bits per heavy atom. The molecular weight excluding hydrogens is 294 g/mol. The summed E-state index contributed by atoms with van der Waals surface area (Å²) in [4.78, 5) is 25.8. The zero-order chi connectivity index (χ0) is 16.0. The molecule has 5 nitrogen and oxygen atoms in total. The van der Waals surface area contributed by atoms with Crippen LogP contribution in [0, 0.1) is 11.8 Å². The number of hydrogen-bond donors (Lipinski definition) is 1. The third kappa shape index (κ3) is 2.11. The molecule has 0 radical (unpaired) electrons. The molecule has 1 amide bonds. The number of fused-ring (bicyclic) bond motifs is 1. The number of aliphatic carboxylic acids is 1. The molecule has 118 valence electrons. The molecule has 1 aromatic carbocycles. The fraction of sp³-hybridized carbons (Fsp3) is 0.333. The number of carbonyl (C=O) groups excluding carboxylic acids is 1. The van der Waals surface area contributed by atoms with Gasteiger partial charge in [0, 0.05) is 6.54 Å². The van der Waals surface area contributed by atoms with Gasteiger partial charge in [-0.2, -0.15) is 0 Å². The van der Waals surface area contributed by atoms with Crippen LogP contribution in [0.15, 0.2) is 48.6 Å². The van der Waals surface area contributed by atoms with E-state index in [1.165, 1.54) is 0 Å². The van der Waals surface area contributed by atoms with Gasteiger partial charge in [0.05, 0.1) is 18.6 Å². The van der Waals surface area contributed by atoms with Gasteiger partial charge in [-0.05, 0) is 5.56 Å². The van der Waals surface area contributed by atoms with Crippen molar-refractivity contribution in [2.45, 2.75) is 11.7 Å². The molecule has 3 aliphatic heterocycles. The van der Waals surface area contributed by atoms with E-state index in [2.05, 4.69) is 0 Å². The molecule has 4 unspecified atom stereocenters. The molecule has 4 atom stereocenters. The van der Waals surface area contributed by atoms with Crippen LogP contribution in [0.3, 0.4) is 0 Å². The highest BCUT2D eigenvalue weighted by molar-refractivity contribution is 5.90. The summed E-state index contributed by atoms with van der Waals surface area (Å²) in [5.74, 6) is -2.45. The highest BCUT2D eigenvalue weighted by Crippen LogP contribution is 2.51. The molecule has 2 saturated heterocycles. The van der Waals surface area contributed by atoms with Gasteiger partial charge in [-0.15, -0.1) is 0 Å². The van der Waals surface area contributed by atoms with Crippen LogP contribution in [0.5, 0.6) is 0 Å². The SMILES string of the molecule is O=C(O)C1C2C=CC3(CN(CC=Cc4ccccc4)C(=O)C13)O2. The van der Waals surface area contributed by atoms with E-state index in [1.54, 1.807) is 11.0 Å². The van der Waals surface area contributed by atoms with Crippen LogP contribution in [0.1, 0.15) is 5.56 Å². The largest absolute Gasteiger partial charge is 0.481 e. The molecule has 1 N–H and O–H groups in total. The van der Waals surface area contributed by atoms with Gasteiger partial charge in [0.1, 0.15) is 11.5 Å². The minimum Gasteiger partial charge on any atom is -0.481 e. The van der Waals surface area contributed by atoms with E-state index in [0.29, 0.717) is 13.1 Å². The molecule has 0 saturated carbocycles. The number of amides is 1. The van der Waals surface area contributed by atoms with Gasteiger partial charge in [0.2, 0.25) is 5.91 Å². The first kappa shape index (κ1) is 14.2. The summed E-state index contributed by atoms with van der Waals surface area (Å²) < 4.78 is 5.84. The summed E-state index contributed by atoms with van der Waals surface area (Å²) >= 11 is 0. The lowest BCUT2D eigenvalue weighted by Crippen LogP contribution is -2.39. The summed E-state index contributed by atoms with van der Waals surface area (Å²) in [5.41, 5.74) is 0.323. The number of carboxylic acids is 1. The van der Waals surface area contributed by atoms with Crippen LogP contribution in [-0.2, 0) is 14.3 Å². The Kier molecular flexibility index (Phi) is 3.13. The van der Waals surface area contributed by atoms with Gasteiger partial charge in [-0.25, -0.2) is 0 Å².